The second-order valence-electron chi connectivity index (χ2n) is 5.10. The van der Waals surface area contributed by atoms with Gasteiger partial charge in [0.25, 0.3) is 5.88 Å². The molecular weight excluding hydrogens is 346 g/mol. The molecule has 9 heteroatoms. The van der Waals surface area contributed by atoms with Crippen molar-refractivity contribution in [1.29, 1.82) is 0 Å². The number of thiazole rings is 1. The van der Waals surface area contributed by atoms with Gasteiger partial charge in [-0.3, -0.25) is 0 Å². The van der Waals surface area contributed by atoms with Crippen LogP contribution in [0.25, 0.3) is 16.1 Å². The molecule has 2 aromatic heterocycles. The Bertz CT molecular complexity index is 893. The van der Waals surface area contributed by atoms with Gasteiger partial charge in [-0.2, -0.15) is 0 Å². The Labute approximate surface area is 147 Å². The molecule has 0 bridgehead atoms. The van der Waals surface area contributed by atoms with Crippen LogP contribution < -0.4 is 14.2 Å². The third-order valence-electron chi connectivity index (χ3n) is 3.72. The van der Waals surface area contributed by atoms with Crippen LogP contribution in [0.4, 0.5) is 5.69 Å². The number of methoxy groups -OCH3 is 4. The molecular formula is C16H17N3O5S. The molecule has 3 rings (SSSR count). The lowest BCUT2D eigenvalue weighted by atomic mass is 10.1. The number of rotatable bonds is 7. The zero-order chi connectivity index (χ0) is 18.0. The Kier molecular flexibility index (Phi) is 4.86. The van der Waals surface area contributed by atoms with Crippen molar-refractivity contribution in [1.82, 2.24) is 9.61 Å². The number of ether oxygens (including phenoxy) is 4. The number of aromatic nitrogens is 2. The van der Waals surface area contributed by atoms with Crippen LogP contribution in [0.1, 0.15) is 5.56 Å². The Balaban J connectivity index is 2.27. The smallest absolute Gasteiger partial charge is 0.264 e. The second kappa shape index (κ2) is 7.08. The molecule has 0 fully saturated rings. The quantitative estimate of drug-likeness (QED) is 0.596. The SMILES string of the molecule is COCc1cc(OC)c(-c2csc3c(N=O)c(OC)nn23)c(OC)c1. The Morgan fingerprint density at radius 2 is 1.80 bits per heavy atom. The molecule has 0 aliphatic carbocycles. The van der Waals surface area contributed by atoms with Gasteiger partial charge in [0.05, 0.1) is 39.2 Å². The van der Waals surface area contributed by atoms with Crippen LogP contribution in [0.5, 0.6) is 17.4 Å². The van der Waals surface area contributed by atoms with Crippen molar-refractivity contribution in [2.75, 3.05) is 28.4 Å². The summed E-state index contributed by atoms with van der Waals surface area (Å²) in [6.07, 6.45) is 0. The van der Waals surface area contributed by atoms with Gasteiger partial charge in [0.15, 0.2) is 4.83 Å². The van der Waals surface area contributed by atoms with Crippen molar-refractivity contribution in [3.05, 3.63) is 28.0 Å². The van der Waals surface area contributed by atoms with E-state index in [9.17, 15) is 4.91 Å². The molecule has 0 spiro atoms. The van der Waals surface area contributed by atoms with E-state index in [1.165, 1.54) is 18.4 Å². The zero-order valence-corrected chi connectivity index (χ0v) is 15.0. The van der Waals surface area contributed by atoms with Gasteiger partial charge in [-0.25, -0.2) is 4.52 Å². The fraction of sp³-hybridized carbons (Fsp3) is 0.312. The molecule has 0 aliphatic rings. The molecule has 0 atom stereocenters. The lowest BCUT2D eigenvalue weighted by Gasteiger charge is -2.14. The number of nitroso groups, excluding NO2 is 1. The van der Waals surface area contributed by atoms with Crippen LogP contribution in [0.2, 0.25) is 0 Å². The van der Waals surface area contributed by atoms with Crippen molar-refractivity contribution in [3.8, 4) is 28.6 Å². The minimum Gasteiger partial charge on any atom is -0.496 e. The lowest BCUT2D eigenvalue weighted by molar-refractivity contribution is 0.184. The molecule has 0 N–H and O–H groups in total. The van der Waals surface area contributed by atoms with Gasteiger partial charge in [0, 0.05) is 12.5 Å². The van der Waals surface area contributed by atoms with E-state index in [4.69, 9.17) is 18.9 Å². The molecule has 2 heterocycles. The summed E-state index contributed by atoms with van der Waals surface area (Å²) in [5.74, 6) is 1.40. The highest BCUT2D eigenvalue weighted by atomic mass is 32.1. The summed E-state index contributed by atoms with van der Waals surface area (Å²) in [5, 5.41) is 9.22. The predicted molar refractivity (Wildman–Crippen MR) is 94.3 cm³/mol. The molecule has 1 aromatic carbocycles. The topological polar surface area (TPSA) is 83.7 Å². The van der Waals surface area contributed by atoms with Crippen LogP contribution >= 0.6 is 11.3 Å². The summed E-state index contributed by atoms with van der Waals surface area (Å²) in [7, 11) is 6.24. The molecule has 8 nitrogen and oxygen atoms in total. The number of benzene rings is 1. The molecule has 132 valence electrons. The molecule has 3 aromatic rings. The van der Waals surface area contributed by atoms with Crippen molar-refractivity contribution in [3.63, 3.8) is 0 Å². The van der Waals surface area contributed by atoms with Crippen LogP contribution in [0.3, 0.4) is 0 Å². The minimum atomic E-state index is 0.174. The van der Waals surface area contributed by atoms with Crippen LogP contribution in [0.15, 0.2) is 22.7 Å². The molecule has 0 aliphatic heterocycles. The average molecular weight is 363 g/mol. The van der Waals surface area contributed by atoms with Gasteiger partial charge in [-0.15, -0.1) is 21.3 Å². The first kappa shape index (κ1) is 17.2. The third kappa shape index (κ3) is 2.81. The highest BCUT2D eigenvalue weighted by molar-refractivity contribution is 7.16. The summed E-state index contributed by atoms with van der Waals surface area (Å²) in [5.41, 5.74) is 2.52. The Hall–Kier alpha value is -2.65. The maximum Gasteiger partial charge on any atom is 0.264 e. The van der Waals surface area contributed by atoms with E-state index in [1.54, 1.807) is 25.8 Å². The number of hydrogen-bond acceptors (Lipinski definition) is 8. The summed E-state index contributed by atoms with van der Waals surface area (Å²) in [6.45, 7) is 0.431. The summed E-state index contributed by atoms with van der Waals surface area (Å²) in [4.78, 5) is 11.7. The van der Waals surface area contributed by atoms with E-state index in [-0.39, 0.29) is 11.6 Å². The van der Waals surface area contributed by atoms with Gasteiger partial charge in [-0.1, -0.05) is 0 Å². The molecule has 0 amide bonds. The number of nitrogens with zero attached hydrogens (tertiary/aromatic N) is 3. The monoisotopic (exact) mass is 363 g/mol. The first-order valence-corrected chi connectivity index (χ1v) is 8.18. The lowest BCUT2D eigenvalue weighted by Crippen LogP contribution is -1.99. The number of hydrogen-bond donors (Lipinski definition) is 0. The second-order valence-corrected chi connectivity index (χ2v) is 5.95. The number of fused-ring (bicyclic) bond motifs is 1. The molecule has 0 radical (unpaired) electrons. The van der Waals surface area contributed by atoms with Gasteiger partial charge in [-0.05, 0) is 22.9 Å². The Morgan fingerprint density at radius 3 is 2.32 bits per heavy atom. The van der Waals surface area contributed by atoms with Crippen LogP contribution in [0, 0.1) is 4.91 Å². The molecule has 0 unspecified atom stereocenters. The predicted octanol–water partition coefficient (Wildman–Crippen LogP) is 3.63. The van der Waals surface area contributed by atoms with Crippen LogP contribution in [-0.4, -0.2) is 38.1 Å². The van der Waals surface area contributed by atoms with E-state index < -0.39 is 0 Å². The maximum absolute atomic E-state index is 11.1. The first-order valence-electron chi connectivity index (χ1n) is 7.30. The summed E-state index contributed by atoms with van der Waals surface area (Å²) >= 11 is 1.34. The maximum atomic E-state index is 11.1. The zero-order valence-electron chi connectivity index (χ0n) is 14.2. The third-order valence-corrected chi connectivity index (χ3v) is 4.65. The van der Waals surface area contributed by atoms with E-state index in [0.717, 1.165) is 11.1 Å². The minimum absolute atomic E-state index is 0.174. The molecule has 25 heavy (non-hydrogen) atoms. The van der Waals surface area contributed by atoms with E-state index in [2.05, 4.69) is 10.3 Å². The average Bonchev–Trinajstić information content (AvgIpc) is 3.19. The summed E-state index contributed by atoms with van der Waals surface area (Å²) in [6, 6.07) is 3.76. The Morgan fingerprint density at radius 1 is 1.12 bits per heavy atom. The van der Waals surface area contributed by atoms with Gasteiger partial charge in [0.2, 0.25) is 5.69 Å². The van der Waals surface area contributed by atoms with Gasteiger partial charge >= 0.3 is 0 Å². The summed E-state index contributed by atoms with van der Waals surface area (Å²) < 4.78 is 23.0. The van der Waals surface area contributed by atoms with Crippen molar-refractivity contribution < 1.29 is 18.9 Å². The highest BCUT2D eigenvalue weighted by Crippen LogP contribution is 2.44. The highest BCUT2D eigenvalue weighted by Gasteiger charge is 2.23. The standard InChI is InChI=1S/C16H17N3O5S/c1-21-7-9-5-11(22-2)13(12(6-9)23-3)10-8-25-16-14(18-20)15(24-4)17-19(10)16/h5-6,8H,7H2,1-4H3. The first-order chi connectivity index (χ1) is 12.2. The van der Waals surface area contributed by atoms with Crippen molar-refractivity contribution >= 4 is 21.9 Å². The normalized spacial score (nSPS) is 10.9. The molecule has 0 saturated heterocycles. The van der Waals surface area contributed by atoms with Gasteiger partial charge in [0.1, 0.15) is 11.5 Å². The fourth-order valence-electron chi connectivity index (χ4n) is 2.65. The van der Waals surface area contributed by atoms with Gasteiger partial charge < -0.3 is 18.9 Å². The van der Waals surface area contributed by atoms with Crippen LogP contribution in [-0.2, 0) is 11.3 Å². The van der Waals surface area contributed by atoms with E-state index in [0.29, 0.717) is 28.6 Å². The van der Waals surface area contributed by atoms with Crippen molar-refractivity contribution in [2.24, 2.45) is 5.18 Å². The fourth-order valence-corrected chi connectivity index (χ4v) is 3.57. The van der Waals surface area contributed by atoms with Crippen molar-refractivity contribution in [2.45, 2.75) is 6.61 Å². The van der Waals surface area contributed by atoms with E-state index >= 15 is 0 Å². The molecule has 0 saturated carbocycles. The van der Waals surface area contributed by atoms with E-state index in [1.807, 2.05) is 17.5 Å². The largest absolute Gasteiger partial charge is 0.496 e.